The number of ether oxygens (including phenoxy) is 2. The Hall–Kier alpha value is -0.120. The fourth-order valence-electron chi connectivity index (χ4n) is 1.87. The second-order valence-electron chi connectivity index (χ2n) is 4.02. The van der Waals surface area contributed by atoms with Crippen LogP contribution in [0.25, 0.3) is 0 Å². The third-order valence-corrected chi connectivity index (χ3v) is 2.65. The molecule has 1 aliphatic rings. The number of hydrogen-bond donors (Lipinski definition) is 1. The van der Waals surface area contributed by atoms with Gasteiger partial charge in [0.1, 0.15) is 0 Å². The third kappa shape index (κ3) is 3.95. The molecule has 3 nitrogen and oxygen atoms in total. The molecule has 84 valence electrons. The summed E-state index contributed by atoms with van der Waals surface area (Å²) in [4.78, 5) is 0. The normalized spacial score (nSPS) is 26.6. The van der Waals surface area contributed by atoms with Crippen LogP contribution in [0.3, 0.4) is 0 Å². The molecule has 0 spiro atoms. The molecule has 0 bridgehead atoms. The van der Waals surface area contributed by atoms with Crippen molar-refractivity contribution in [2.75, 3.05) is 19.8 Å². The Morgan fingerprint density at radius 1 is 1.21 bits per heavy atom. The second-order valence-corrected chi connectivity index (χ2v) is 4.02. The van der Waals surface area contributed by atoms with Crippen molar-refractivity contribution in [3.63, 3.8) is 0 Å². The summed E-state index contributed by atoms with van der Waals surface area (Å²) in [5, 5.41) is 3.47. The van der Waals surface area contributed by atoms with Crippen LogP contribution in [-0.4, -0.2) is 32.1 Å². The summed E-state index contributed by atoms with van der Waals surface area (Å²) in [6.07, 6.45) is 2.52. The fourth-order valence-corrected chi connectivity index (χ4v) is 1.87. The lowest BCUT2D eigenvalue weighted by molar-refractivity contribution is -0.134. The summed E-state index contributed by atoms with van der Waals surface area (Å²) in [5.41, 5.74) is 0. The minimum atomic E-state index is -0.0686. The van der Waals surface area contributed by atoms with Crippen molar-refractivity contribution >= 4 is 0 Å². The highest BCUT2D eigenvalue weighted by molar-refractivity contribution is 4.82. The zero-order chi connectivity index (χ0) is 10.4. The highest BCUT2D eigenvalue weighted by atomic mass is 16.7. The van der Waals surface area contributed by atoms with Gasteiger partial charge in [-0.05, 0) is 32.6 Å². The molecule has 0 aromatic carbocycles. The molecular weight excluding hydrogens is 178 g/mol. The van der Waals surface area contributed by atoms with Gasteiger partial charge in [0.05, 0.1) is 0 Å². The van der Waals surface area contributed by atoms with Crippen molar-refractivity contribution in [3.8, 4) is 0 Å². The summed E-state index contributed by atoms with van der Waals surface area (Å²) in [5.74, 6) is 0.894. The largest absolute Gasteiger partial charge is 0.352 e. The van der Waals surface area contributed by atoms with E-state index in [1.807, 2.05) is 13.8 Å². The van der Waals surface area contributed by atoms with Crippen LogP contribution in [0.4, 0.5) is 0 Å². The Labute approximate surface area is 87.2 Å². The van der Waals surface area contributed by atoms with Crippen LogP contribution < -0.4 is 5.32 Å². The molecule has 1 N–H and O–H groups in total. The van der Waals surface area contributed by atoms with Gasteiger partial charge in [0.2, 0.25) is 0 Å². The molecule has 0 heterocycles. The Bertz CT molecular complexity index is 140. The van der Waals surface area contributed by atoms with E-state index in [2.05, 4.69) is 12.2 Å². The molecule has 1 saturated carbocycles. The Morgan fingerprint density at radius 3 is 2.21 bits per heavy atom. The Kier molecular flexibility index (Phi) is 5.45. The molecule has 1 aliphatic carbocycles. The minimum absolute atomic E-state index is 0.0686. The Morgan fingerprint density at radius 2 is 1.79 bits per heavy atom. The summed E-state index contributed by atoms with van der Waals surface area (Å²) < 4.78 is 10.9. The van der Waals surface area contributed by atoms with E-state index in [0.717, 1.165) is 12.5 Å². The zero-order valence-corrected chi connectivity index (χ0v) is 9.58. The number of nitrogens with one attached hydrogen (secondary N) is 1. The van der Waals surface area contributed by atoms with E-state index in [4.69, 9.17) is 9.47 Å². The van der Waals surface area contributed by atoms with Gasteiger partial charge in [-0.2, -0.15) is 0 Å². The van der Waals surface area contributed by atoms with Crippen LogP contribution in [0.15, 0.2) is 0 Å². The lowest BCUT2D eigenvalue weighted by atomic mass is 9.82. The summed E-state index contributed by atoms with van der Waals surface area (Å²) in [6.45, 7) is 8.54. The van der Waals surface area contributed by atoms with Crippen molar-refractivity contribution in [1.29, 1.82) is 0 Å². The van der Waals surface area contributed by atoms with Crippen LogP contribution in [0.2, 0.25) is 0 Å². The van der Waals surface area contributed by atoms with Crippen LogP contribution in [0.5, 0.6) is 0 Å². The van der Waals surface area contributed by atoms with Crippen LogP contribution in [0, 0.1) is 5.92 Å². The van der Waals surface area contributed by atoms with E-state index in [9.17, 15) is 0 Å². The molecule has 0 atom stereocenters. The molecule has 0 radical (unpaired) electrons. The average molecular weight is 201 g/mol. The van der Waals surface area contributed by atoms with Gasteiger partial charge >= 0.3 is 0 Å². The molecule has 0 aromatic heterocycles. The Balaban J connectivity index is 2.06. The lowest BCUT2D eigenvalue weighted by Crippen LogP contribution is -2.44. The SMILES string of the molecule is CCOC(CNC1CC(C)C1)OCC. The highest BCUT2D eigenvalue weighted by Crippen LogP contribution is 2.26. The molecule has 0 amide bonds. The second kappa shape index (κ2) is 6.38. The maximum Gasteiger partial charge on any atom is 0.169 e. The first kappa shape index (κ1) is 12.0. The van der Waals surface area contributed by atoms with Crippen LogP contribution in [0.1, 0.15) is 33.6 Å². The third-order valence-electron chi connectivity index (χ3n) is 2.65. The maximum absolute atomic E-state index is 5.44. The van der Waals surface area contributed by atoms with Gasteiger partial charge in [0.15, 0.2) is 6.29 Å². The van der Waals surface area contributed by atoms with Gasteiger partial charge in [0, 0.05) is 25.8 Å². The molecule has 0 aromatic rings. The van der Waals surface area contributed by atoms with Gasteiger partial charge < -0.3 is 14.8 Å². The number of rotatable bonds is 7. The van der Waals surface area contributed by atoms with Crippen molar-refractivity contribution in [3.05, 3.63) is 0 Å². The van der Waals surface area contributed by atoms with E-state index < -0.39 is 0 Å². The van der Waals surface area contributed by atoms with Crippen molar-refractivity contribution in [2.45, 2.75) is 45.9 Å². The molecule has 0 aliphatic heterocycles. The van der Waals surface area contributed by atoms with Crippen LogP contribution >= 0.6 is 0 Å². The summed E-state index contributed by atoms with van der Waals surface area (Å²) in [6, 6.07) is 0.688. The monoisotopic (exact) mass is 201 g/mol. The molecular formula is C11H23NO2. The zero-order valence-electron chi connectivity index (χ0n) is 9.58. The molecule has 0 saturated heterocycles. The van der Waals surface area contributed by atoms with E-state index in [1.165, 1.54) is 12.8 Å². The van der Waals surface area contributed by atoms with Gasteiger partial charge in [-0.15, -0.1) is 0 Å². The van der Waals surface area contributed by atoms with Crippen molar-refractivity contribution < 1.29 is 9.47 Å². The minimum Gasteiger partial charge on any atom is -0.352 e. The standard InChI is InChI=1S/C11H23NO2/c1-4-13-11(14-5-2)8-12-10-6-9(3)7-10/h9-12H,4-8H2,1-3H3. The van der Waals surface area contributed by atoms with Gasteiger partial charge in [0.25, 0.3) is 0 Å². The smallest absolute Gasteiger partial charge is 0.169 e. The van der Waals surface area contributed by atoms with E-state index >= 15 is 0 Å². The predicted molar refractivity (Wildman–Crippen MR) is 57.2 cm³/mol. The van der Waals surface area contributed by atoms with Gasteiger partial charge in [-0.1, -0.05) is 6.92 Å². The fraction of sp³-hybridized carbons (Fsp3) is 1.00. The molecule has 1 fully saturated rings. The van der Waals surface area contributed by atoms with Crippen molar-refractivity contribution in [1.82, 2.24) is 5.32 Å². The lowest BCUT2D eigenvalue weighted by Gasteiger charge is -2.34. The van der Waals surface area contributed by atoms with Crippen LogP contribution in [-0.2, 0) is 9.47 Å². The quantitative estimate of drug-likeness (QED) is 0.637. The molecule has 3 heteroatoms. The van der Waals surface area contributed by atoms with Crippen molar-refractivity contribution in [2.24, 2.45) is 5.92 Å². The molecule has 0 unspecified atom stereocenters. The summed E-state index contributed by atoms with van der Waals surface area (Å²) in [7, 11) is 0. The van der Waals surface area contributed by atoms with Gasteiger partial charge in [-0.25, -0.2) is 0 Å². The number of hydrogen-bond acceptors (Lipinski definition) is 3. The van der Waals surface area contributed by atoms with Gasteiger partial charge in [-0.3, -0.25) is 0 Å². The molecule has 1 rings (SSSR count). The predicted octanol–water partition coefficient (Wildman–Crippen LogP) is 1.77. The summed E-state index contributed by atoms with van der Waals surface area (Å²) >= 11 is 0. The molecule has 14 heavy (non-hydrogen) atoms. The first-order chi connectivity index (χ1) is 6.76. The highest BCUT2D eigenvalue weighted by Gasteiger charge is 2.25. The average Bonchev–Trinajstić information content (AvgIpc) is 2.11. The maximum atomic E-state index is 5.44. The first-order valence-corrected chi connectivity index (χ1v) is 5.72. The topological polar surface area (TPSA) is 30.5 Å². The first-order valence-electron chi connectivity index (χ1n) is 5.72. The van der Waals surface area contributed by atoms with E-state index in [0.29, 0.717) is 19.3 Å². The van der Waals surface area contributed by atoms with E-state index in [-0.39, 0.29) is 6.29 Å². The van der Waals surface area contributed by atoms with E-state index in [1.54, 1.807) is 0 Å².